The van der Waals surface area contributed by atoms with E-state index in [9.17, 15) is 4.79 Å². The van der Waals surface area contributed by atoms with Gasteiger partial charge < -0.3 is 15.5 Å². The molecule has 0 aliphatic carbocycles. The predicted molar refractivity (Wildman–Crippen MR) is 78.4 cm³/mol. The molecule has 20 heavy (non-hydrogen) atoms. The molecule has 1 unspecified atom stereocenters. The molecule has 1 fully saturated rings. The molecule has 0 aromatic heterocycles. The Morgan fingerprint density at radius 3 is 3.10 bits per heavy atom. The van der Waals surface area contributed by atoms with Crippen LogP contribution in [0.4, 0.5) is 10.5 Å². The smallest absolute Gasteiger partial charge is 0.321 e. The zero-order chi connectivity index (χ0) is 14.4. The first-order valence-corrected chi connectivity index (χ1v) is 6.95. The van der Waals surface area contributed by atoms with Crippen molar-refractivity contribution in [1.29, 1.82) is 5.26 Å². The van der Waals surface area contributed by atoms with Gasteiger partial charge in [0.15, 0.2) is 0 Å². The van der Waals surface area contributed by atoms with Crippen LogP contribution in [0.1, 0.15) is 24.8 Å². The lowest BCUT2D eigenvalue weighted by atomic mass is 10.1. The van der Waals surface area contributed by atoms with Crippen LogP contribution in [0.15, 0.2) is 24.3 Å². The van der Waals surface area contributed by atoms with Gasteiger partial charge >= 0.3 is 6.03 Å². The molecule has 106 valence electrons. The molecule has 5 heteroatoms. The summed E-state index contributed by atoms with van der Waals surface area (Å²) in [5.74, 6) is 0. The quantitative estimate of drug-likeness (QED) is 0.867. The molecular formula is C15H20N4O. The highest BCUT2D eigenvalue weighted by Gasteiger charge is 2.20. The Kier molecular flexibility index (Phi) is 4.97. The average molecular weight is 272 g/mol. The van der Waals surface area contributed by atoms with E-state index in [1.165, 1.54) is 0 Å². The van der Waals surface area contributed by atoms with Crippen LogP contribution < -0.4 is 10.6 Å². The van der Waals surface area contributed by atoms with Crippen molar-refractivity contribution in [3.63, 3.8) is 0 Å². The van der Waals surface area contributed by atoms with Crippen LogP contribution >= 0.6 is 0 Å². The van der Waals surface area contributed by atoms with Crippen molar-refractivity contribution in [2.75, 3.05) is 25.5 Å². The minimum atomic E-state index is -0.119. The van der Waals surface area contributed by atoms with Crippen LogP contribution in [-0.4, -0.2) is 37.1 Å². The standard InChI is InChI=1S/C15H20N4O/c1-19(14-6-3-8-17-9-7-14)15(20)18-13-5-2-4-12(10-13)11-16/h2,4-5,10,14,17H,3,6-9H2,1H3,(H,18,20). The van der Waals surface area contributed by atoms with Gasteiger partial charge in [0.05, 0.1) is 11.6 Å². The number of urea groups is 1. The third kappa shape index (κ3) is 3.72. The molecule has 0 spiro atoms. The maximum Gasteiger partial charge on any atom is 0.321 e. The molecule has 5 nitrogen and oxygen atoms in total. The van der Waals surface area contributed by atoms with E-state index in [4.69, 9.17) is 5.26 Å². The largest absolute Gasteiger partial charge is 0.325 e. The lowest BCUT2D eigenvalue weighted by Crippen LogP contribution is -2.40. The van der Waals surface area contributed by atoms with E-state index in [2.05, 4.69) is 16.7 Å². The van der Waals surface area contributed by atoms with E-state index in [0.29, 0.717) is 11.3 Å². The second-order valence-electron chi connectivity index (χ2n) is 5.07. The number of carbonyl (C=O) groups excluding carboxylic acids is 1. The summed E-state index contributed by atoms with van der Waals surface area (Å²) in [6.45, 7) is 1.97. The van der Waals surface area contributed by atoms with Gasteiger partial charge in [0.1, 0.15) is 0 Å². The summed E-state index contributed by atoms with van der Waals surface area (Å²) in [6, 6.07) is 9.18. The Morgan fingerprint density at radius 1 is 1.45 bits per heavy atom. The summed E-state index contributed by atoms with van der Waals surface area (Å²) >= 11 is 0. The van der Waals surface area contributed by atoms with E-state index >= 15 is 0 Å². The van der Waals surface area contributed by atoms with Crippen LogP contribution in [-0.2, 0) is 0 Å². The highest BCUT2D eigenvalue weighted by atomic mass is 16.2. The molecule has 2 rings (SSSR count). The SMILES string of the molecule is CN(C(=O)Nc1cccc(C#N)c1)C1CCCNCC1. The summed E-state index contributed by atoms with van der Waals surface area (Å²) in [5.41, 5.74) is 1.21. The number of rotatable bonds is 2. The third-order valence-electron chi connectivity index (χ3n) is 3.66. The fraction of sp³-hybridized carbons (Fsp3) is 0.467. The summed E-state index contributed by atoms with van der Waals surface area (Å²) in [4.78, 5) is 14.0. The molecule has 1 aliphatic heterocycles. The molecule has 0 bridgehead atoms. The fourth-order valence-corrected chi connectivity index (χ4v) is 2.43. The van der Waals surface area contributed by atoms with Gasteiger partial charge in [-0.2, -0.15) is 5.26 Å². The van der Waals surface area contributed by atoms with Crippen molar-refractivity contribution in [2.45, 2.75) is 25.3 Å². The highest BCUT2D eigenvalue weighted by molar-refractivity contribution is 5.89. The van der Waals surface area contributed by atoms with Gasteiger partial charge in [-0.25, -0.2) is 4.79 Å². The Bertz CT molecular complexity index is 501. The van der Waals surface area contributed by atoms with Gasteiger partial charge in [-0.15, -0.1) is 0 Å². The van der Waals surface area contributed by atoms with Gasteiger partial charge in [-0.1, -0.05) is 6.07 Å². The molecule has 1 aromatic carbocycles. The molecular weight excluding hydrogens is 252 g/mol. The first-order chi connectivity index (χ1) is 9.70. The van der Waals surface area contributed by atoms with Gasteiger partial charge in [0.2, 0.25) is 0 Å². The second-order valence-corrected chi connectivity index (χ2v) is 5.07. The summed E-state index contributed by atoms with van der Waals surface area (Å²) in [7, 11) is 1.83. The van der Waals surface area contributed by atoms with Crippen molar-refractivity contribution in [3.05, 3.63) is 29.8 Å². The molecule has 1 saturated heterocycles. The Balaban J connectivity index is 1.97. The maximum absolute atomic E-state index is 12.2. The van der Waals surface area contributed by atoms with E-state index in [1.807, 2.05) is 7.05 Å². The fourth-order valence-electron chi connectivity index (χ4n) is 2.43. The van der Waals surface area contributed by atoms with Crippen LogP contribution in [0.3, 0.4) is 0 Å². The van der Waals surface area contributed by atoms with Crippen LogP contribution in [0.5, 0.6) is 0 Å². The zero-order valence-corrected chi connectivity index (χ0v) is 11.7. The minimum absolute atomic E-state index is 0.119. The topological polar surface area (TPSA) is 68.2 Å². The number of benzene rings is 1. The van der Waals surface area contributed by atoms with Crippen LogP contribution in [0.25, 0.3) is 0 Å². The number of hydrogen-bond donors (Lipinski definition) is 2. The van der Waals surface area contributed by atoms with E-state index in [0.717, 1.165) is 32.4 Å². The summed E-state index contributed by atoms with van der Waals surface area (Å²) in [5, 5.41) is 15.1. The second kappa shape index (κ2) is 6.92. The molecule has 1 heterocycles. The van der Waals surface area contributed by atoms with Crippen LogP contribution in [0.2, 0.25) is 0 Å². The number of anilines is 1. The maximum atomic E-state index is 12.2. The van der Waals surface area contributed by atoms with Crippen molar-refractivity contribution < 1.29 is 4.79 Å². The number of nitrogens with one attached hydrogen (secondary N) is 2. The first kappa shape index (κ1) is 14.4. The van der Waals surface area contributed by atoms with Gasteiger partial charge in [-0.05, 0) is 50.6 Å². The molecule has 1 aromatic rings. The first-order valence-electron chi connectivity index (χ1n) is 6.95. The predicted octanol–water partition coefficient (Wildman–Crippen LogP) is 2.16. The summed E-state index contributed by atoms with van der Waals surface area (Å²) < 4.78 is 0. The highest BCUT2D eigenvalue weighted by Crippen LogP contribution is 2.15. The number of hydrogen-bond acceptors (Lipinski definition) is 3. The zero-order valence-electron chi connectivity index (χ0n) is 11.7. The Hall–Kier alpha value is -2.06. The van der Waals surface area contributed by atoms with Gasteiger partial charge in [0.25, 0.3) is 0 Å². The van der Waals surface area contributed by atoms with Gasteiger partial charge in [0, 0.05) is 18.8 Å². The summed E-state index contributed by atoms with van der Waals surface area (Å²) in [6.07, 6.45) is 3.09. The number of carbonyl (C=O) groups is 1. The number of nitriles is 1. The monoisotopic (exact) mass is 272 g/mol. The Morgan fingerprint density at radius 2 is 2.30 bits per heavy atom. The van der Waals surface area contributed by atoms with Crippen molar-refractivity contribution in [2.24, 2.45) is 0 Å². The van der Waals surface area contributed by atoms with E-state index in [-0.39, 0.29) is 12.1 Å². The normalized spacial score (nSPS) is 18.7. The van der Waals surface area contributed by atoms with E-state index in [1.54, 1.807) is 29.2 Å². The van der Waals surface area contributed by atoms with E-state index < -0.39 is 0 Å². The van der Waals surface area contributed by atoms with Gasteiger partial charge in [-0.3, -0.25) is 0 Å². The molecule has 1 aliphatic rings. The lowest BCUT2D eigenvalue weighted by Gasteiger charge is -2.27. The average Bonchev–Trinajstić information content (AvgIpc) is 2.75. The lowest BCUT2D eigenvalue weighted by molar-refractivity contribution is 0.198. The van der Waals surface area contributed by atoms with Crippen molar-refractivity contribution in [3.8, 4) is 6.07 Å². The molecule has 1 atom stereocenters. The van der Waals surface area contributed by atoms with Crippen molar-refractivity contribution in [1.82, 2.24) is 10.2 Å². The molecule has 2 amide bonds. The minimum Gasteiger partial charge on any atom is -0.325 e. The number of amides is 2. The number of nitrogens with zero attached hydrogens (tertiary/aromatic N) is 2. The molecule has 0 saturated carbocycles. The Labute approximate surface area is 119 Å². The van der Waals surface area contributed by atoms with Crippen LogP contribution in [0, 0.1) is 11.3 Å². The molecule has 0 radical (unpaired) electrons. The van der Waals surface area contributed by atoms with Crippen molar-refractivity contribution >= 4 is 11.7 Å². The third-order valence-corrected chi connectivity index (χ3v) is 3.66. The molecule has 2 N–H and O–H groups in total.